The zero-order valence-electron chi connectivity index (χ0n) is 11.6. The summed E-state index contributed by atoms with van der Waals surface area (Å²) in [6.07, 6.45) is 4.25. The minimum atomic E-state index is 0.267. The molecule has 1 aliphatic rings. The molecule has 1 aromatic rings. The molecule has 1 fully saturated rings. The topological polar surface area (TPSA) is 67.5 Å². The summed E-state index contributed by atoms with van der Waals surface area (Å²) in [5, 5.41) is 12.5. The number of anilines is 2. The van der Waals surface area contributed by atoms with Gasteiger partial charge in [0, 0.05) is 36.7 Å². The number of nitrogens with one attached hydrogen (secondary N) is 1. The monoisotopic (exact) mass is 264 g/mol. The number of rotatable bonds is 8. The van der Waals surface area contributed by atoms with Crippen molar-refractivity contribution < 1.29 is 9.84 Å². The van der Waals surface area contributed by atoms with Crippen LogP contribution in [-0.2, 0) is 0 Å². The maximum absolute atomic E-state index is 9.06. The quantitative estimate of drug-likeness (QED) is 0.631. The largest absolute Gasteiger partial charge is 0.493 e. The van der Waals surface area contributed by atoms with Crippen molar-refractivity contribution >= 4 is 11.4 Å². The normalized spacial score (nSPS) is 16.1. The maximum atomic E-state index is 9.06. The number of hydrogen-bond donors (Lipinski definition) is 3. The molecule has 0 aliphatic heterocycles. The summed E-state index contributed by atoms with van der Waals surface area (Å²) in [7, 11) is 0. The van der Waals surface area contributed by atoms with Gasteiger partial charge in [-0.25, -0.2) is 0 Å². The average molecular weight is 264 g/mol. The third-order valence-electron chi connectivity index (χ3n) is 3.67. The van der Waals surface area contributed by atoms with Crippen LogP contribution >= 0.6 is 0 Å². The van der Waals surface area contributed by atoms with Gasteiger partial charge in [-0.15, -0.1) is 0 Å². The Morgan fingerprint density at radius 1 is 1.37 bits per heavy atom. The van der Waals surface area contributed by atoms with E-state index in [0.29, 0.717) is 17.7 Å². The first kappa shape index (κ1) is 14.0. The Kier molecular flexibility index (Phi) is 4.53. The number of benzene rings is 1. The third kappa shape index (κ3) is 4.03. The number of nitrogens with two attached hydrogens (primary N) is 1. The third-order valence-corrected chi connectivity index (χ3v) is 3.67. The Balaban J connectivity index is 1.94. The van der Waals surface area contributed by atoms with Gasteiger partial charge in [0.2, 0.25) is 0 Å². The molecule has 0 unspecified atom stereocenters. The van der Waals surface area contributed by atoms with Gasteiger partial charge >= 0.3 is 0 Å². The predicted molar refractivity (Wildman–Crippen MR) is 78.5 cm³/mol. The summed E-state index contributed by atoms with van der Waals surface area (Å²) in [6, 6.07) is 5.76. The lowest BCUT2D eigenvalue weighted by Crippen LogP contribution is -2.16. The lowest BCUT2D eigenvalue weighted by Gasteiger charge is -2.16. The molecular weight excluding hydrogens is 240 g/mol. The Bertz CT molecular complexity index is 417. The van der Waals surface area contributed by atoms with Gasteiger partial charge in [-0.05, 0) is 37.2 Å². The van der Waals surface area contributed by atoms with Gasteiger partial charge in [-0.3, -0.25) is 0 Å². The molecule has 4 heteroatoms. The highest BCUT2D eigenvalue weighted by Crippen LogP contribution is 2.48. The summed E-state index contributed by atoms with van der Waals surface area (Å²) in [5.41, 5.74) is 7.89. The van der Waals surface area contributed by atoms with Crippen molar-refractivity contribution in [3.05, 3.63) is 18.2 Å². The minimum absolute atomic E-state index is 0.267. The van der Waals surface area contributed by atoms with E-state index in [2.05, 4.69) is 12.2 Å². The molecule has 4 nitrogen and oxygen atoms in total. The molecule has 0 atom stereocenters. The van der Waals surface area contributed by atoms with E-state index in [1.165, 1.54) is 12.8 Å². The Morgan fingerprint density at radius 2 is 2.16 bits per heavy atom. The van der Waals surface area contributed by atoms with Crippen LogP contribution in [0.2, 0.25) is 0 Å². The van der Waals surface area contributed by atoms with Gasteiger partial charge in [-0.1, -0.05) is 6.92 Å². The molecule has 0 radical (unpaired) electrons. The van der Waals surface area contributed by atoms with Crippen molar-refractivity contribution in [3.8, 4) is 5.75 Å². The predicted octanol–water partition coefficient (Wildman–Crippen LogP) is 2.63. The molecular formula is C15H24N2O2. The SMILES string of the molecule is CCCOc1cc(N)cc(NCC2(CCO)CC2)c1. The van der Waals surface area contributed by atoms with Crippen molar-refractivity contribution in [1.29, 1.82) is 0 Å². The van der Waals surface area contributed by atoms with E-state index in [1.54, 1.807) is 0 Å². The highest BCUT2D eigenvalue weighted by Gasteiger charge is 2.41. The molecule has 0 heterocycles. The van der Waals surface area contributed by atoms with E-state index < -0.39 is 0 Å². The van der Waals surface area contributed by atoms with E-state index in [1.807, 2.05) is 18.2 Å². The molecule has 0 bridgehead atoms. The van der Waals surface area contributed by atoms with Crippen molar-refractivity contribution in [1.82, 2.24) is 0 Å². The molecule has 0 aromatic heterocycles. The molecule has 1 aliphatic carbocycles. The summed E-state index contributed by atoms with van der Waals surface area (Å²) in [4.78, 5) is 0. The summed E-state index contributed by atoms with van der Waals surface area (Å²) in [5.74, 6) is 0.816. The standard InChI is InChI=1S/C15H24N2O2/c1-2-7-19-14-9-12(16)8-13(10-14)17-11-15(3-4-15)5-6-18/h8-10,17-18H,2-7,11,16H2,1H3. The van der Waals surface area contributed by atoms with Gasteiger partial charge in [0.05, 0.1) is 6.61 Å². The van der Waals surface area contributed by atoms with Crippen LogP contribution in [0, 0.1) is 5.41 Å². The molecule has 19 heavy (non-hydrogen) atoms. The summed E-state index contributed by atoms with van der Waals surface area (Å²) in [6.45, 7) is 3.95. The highest BCUT2D eigenvalue weighted by molar-refractivity contribution is 5.59. The molecule has 0 spiro atoms. The average Bonchev–Trinajstić information content (AvgIpc) is 3.14. The Hall–Kier alpha value is -1.42. The second-order valence-electron chi connectivity index (χ2n) is 5.47. The number of nitrogen functional groups attached to an aromatic ring is 1. The van der Waals surface area contributed by atoms with E-state index in [0.717, 1.165) is 30.8 Å². The highest BCUT2D eigenvalue weighted by atomic mass is 16.5. The van der Waals surface area contributed by atoms with Crippen LogP contribution in [0.25, 0.3) is 0 Å². The van der Waals surface area contributed by atoms with Gasteiger partial charge in [0.1, 0.15) is 5.75 Å². The van der Waals surface area contributed by atoms with Crippen LogP contribution < -0.4 is 15.8 Å². The second kappa shape index (κ2) is 6.15. The van der Waals surface area contributed by atoms with Crippen LogP contribution in [0.15, 0.2) is 18.2 Å². The van der Waals surface area contributed by atoms with Crippen molar-refractivity contribution in [2.75, 3.05) is 30.8 Å². The van der Waals surface area contributed by atoms with Gasteiger partial charge in [0.15, 0.2) is 0 Å². The van der Waals surface area contributed by atoms with E-state index in [-0.39, 0.29) is 6.61 Å². The number of hydrogen-bond acceptors (Lipinski definition) is 4. The van der Waals surface area contributed by atoms with Crippen LogP contribution in [0.3, 0.4) is 0 Å². The summed E-state index contributed by atoms with van der Waals surface area (Å²) < 4.78 is 5.61. The first-order valence-corrected chi connectivity index (χ1v) is 7.05. The maximum Gasteiger partial charge on any atom is 0.123 e. The van der Waals surface area contributed by atoms with Gasteiger partial charge in [0.25, 0.3) is 0 Å². The second-order valence-corrected chi connectivity index (χ2v) is 5.47. The van der Waals surface area contributed by atoms with Crippen molar-refractivity contribution in [3.63, 3.8) is 0 Å². The molecule has 4 N–H and O–H groups in total. The lowest BCUT2D eigenvalue weighted by molar-refractivity contribution is 0.253. The van der Waals surface area contributed by atoms with E-state index in [4.69, 9.17) is 15.6 Å². The number of aliphatic hydroxyl groups is 1. The van der Waals surface area contributed by atoms with E-state index >= 15 is 0 Å². The van der Waals surface area contributed by atoms with Crippen LogP contribution in [-0.4, -0.2) is 24.9 Å². The first-order chi connectivity index (χ1) is 9.17. The fraction of sp³-hybridized carbons (Fsp3) is 0.600. The molecule has 106 valence electrons. The fourth-order valence-corrected chi connectivity index (χ4v) is 2.25. The van der Waals surface area contributed by atoms with Crippen molar-refractivity contribution in [2.45, 2.75) is 32.6 Å². The molecule has 2 rings (SSSR count). The smallest absolute Gasteiger partial charge is 0.123 e. The van der Waals surface area contributed by atoms with Crippen LogP contribution in [0.4, 0.5) is 11.4 Å². The molecule has 1 saturated carbocycles. The Labute approximate surface area is 115 Å². The molecule has 0 amide bonds. The minimum Gasteiger partial charge on any atom is -0.493 e. The van der Waals surface area contributed by atoms with Crippen LogP contribution in [0.1, 0.15) is 32.6 Å². The number of ether oxygens (including phenoxy) is 1. The number of aliphatic hydroxyl groups excluding tert-OH is 1. The van der Waals surface area contributed by atoms with Gasteiger partial charge in [-0.2, -0.15) is 0 Å². The van der Waals surface area contributed by atoms with Crippen LogP contribution in [0.5, 0.6) is 5.75 Å². The van der Waals surface area contributed by atoms with Crippen molar-refractivity contribution in [2.24, 2.45) is 5.41 Å². The first-order valence-electron chi connectivity index (χ1n) is 7.05. The zero-order chi connectivity index (χ0) is 13.7. The fourth-order valence-electron chi connectivity index (χ4n) is 2.25. The van der Waals surface area contributed by atoms with E-state index in [9.17, 15) is 0 Å². The van der Waals surface area contributed by atoms with Gasteiger partial charge < -0.3 is 20.9 Å². The summed E-state index contributed by atoms with van der Waals surface area (Å²) >= 11 is 0. The molecule has 0 saturated heterocycles. The Morgan fingerprint density at radius 3 is 2.79 bits per heavy atom. The molecule has 1 aromatic carbocycles. The lowest BCUT2D eigenvalue weighted by atomic mass is 10.0. The zero-order valence-corrected chi connectivity index (χ0v) is 11.6.